The van der Waals surface area contributed by atoms with Gasteiger partial charge >= 0.3 is 11.9 Å². The van der Waals surface area contributed by atoms with Gasteiger partial charge < -0.3 is 21.3 Å². The Hall–Kier alpha value is -1.66. The van der Waals surface area contributed by atoms with Gasteiger partial charge in [-0.3, -0.25) is 9.59 Å². The second-order valence-electron chi connectivity index (χ2n) is 6.41. The van der Waals surface area contributed by atoms with Gasteiger partial charge in [0, 0.05) is 0 Å². The Morgan fingerprint density at radius 3 is 1.64 bits per heavy atom. The number of carbonyl (C=O) groups is 2. The largest absolute Gasteiger partial charge is 0.480 e. The molecular formula is C16H30N2O4. The summed E-state index contributed by atoms with van der Waals surface area (Å²) < 4.78 is 5.10. The first-order valence-corrected chi connectivity index (χ1v) is 7.01. The van der Waals surface area contributed by atoms with Crippen molar-refractivity contribution in [3.63, 3.8) is 0 Å². The molecule has 0 saturated heterocycles. The molecule has 0 fully saturated rings. The zero-order chi connectivity index (χ0) is 18.1. The van der Waals surface area contributed by atoms with Crippen LogP contribution in [0, 0.1) is 0 Å². The summed E-state index contributed by atoms with van der Waals surface area (Å²) in [5.41, 5.74) is 12.0. The number of carboxylic acids is 1. The highest BCUT2D eigenvalue weighted by Crippen LogP contribution is 2.10. The predicted molar refractivity (Wildman–Crippen MR) is 88.3 cm³/mol. The number of ether oxygens (including phenoxy) is 1. The summed E-state index contributed by atoms with van der Waals surface area (Å²) in [6.07, 6.45) is 0.838. The summed E-state index contributed by atoms with van der Waals surface area (Å²) in [6, 6.07) is -1.38. The van der Waals surface area contributed by atoms with E-state index in [0.29, 0.717) is 12.8 Å². The zero-order valence-electron chi connectivity index (χ0n) is 14.3. The molecule has 6 nitrogen and oxygen atoms in total. The van der Waals surface area contributed by atoms with Crippen LogP contribution in [0.4, 0.5) is 0 Å². The van der Waals surface area contributed by atoms with Crippen LogP contribution in [0.15, 0.2) is 24.3 Å². The Morgan fingerprint density at radius 2 is 1.41 bits per heavy atom. The van der Waals surface area contributed by atoms with Gasteiger partial charge in [0.2, 0.25) is 0 Å². The highest BCUT2D eigenvalue weighted by atomic mass is 16.6. The molecule has 0 bridgehead atoms. The molecule has 0 aliphatic heterocycles. The first kappa shape index (κ1) is 22.6. The Balaban J connectivity index is 0. The van der Waals surface area contributed by atoms with E-state index in [-0.39, 0.29) is 5.97 Å². The summed E-state index contributed by atoms with van der Waals surface area (Å²) in [5.74, 6) is -1.34. The maximum absolute atomic E-state index is 11.3. The number of carboxylic acid groups (broad SMARTS) is 1. The summed E-state index contributed by atoms with van der Waals surface area (Å²) >= 11 is 0. The molecule has 0 unspecified atom stereocenters. The summed E-state index contributed by atoms with van der Waals surface area (Å²) in [6.45, 7) is 16.3. The number of hydrogen-bond donors (Lipinski definition) is 3. The van der Waals surface area contributed by atoms with Gasteiger partial charge in [0.1, 0.15) is 17.7 Å². The summed E-state index contributed by atoms with van der Waals surface area (Å²) in [5, 5.41) is 8.26. The van der Waals surface area contributed by atoms with E-state index >= 15 is 0 Å². The molecule has 6 heteroatoms. The van der Waals surface area contributed by atoms with Crippen molar-refractivity contribution in [2.45, 2.75) is 65.1 Å². The van der Waals surface area contributed by atoms with Gasteiger partial charge in [0.25, 0.3) is 0 Å². The lowest BCUT2D eigenvalue weighted by Gasteiger charge is -2.22. The van der Waals surface area contributed by atoms with Gasteiger partial charge in [-0.15, -0.1) is 13.2 Å². The third-order valence-electron chi connectivity index (χ3n) is 2.16. The maximum atomic E-state index is 11.3. The average molecular weight is 314 g/mol. The van der Waals surface area contributed by atoms with Crippen LogP contribution < -0.4 is 11.5 Å². The molecule has 0 aliphatic carbocycles. The maximum Gasteiger partial charge on any atom is 0.323 e. The summed E-state index contributed by atoms with van der Waals surface area (Å²) in [4.78, 5) is 21.4. The second-order valence-corrected chi connectivity index (χ2v) is 6.41. The van der Waals surface area contributed by atoms with Crippen LogP contribution >= 0.6 is 0 Å². The van der Waals surface area contributed by atoms with Crippen LogP contribution in [0.25, 0.3) is 0 Å². The second kappa shape index (κ2) is 10.1. The first-order chi connectivity index (χ1) is 9.76. The number of aliphatic carboxylic acids is 1. The Bertz CT molecular complexity index is 411. The normalized spacial score (nSPS) is 13.2. The minimum atomic E-state index is -0.974. The van der Waals surface area contributed by atoms with E-state index in [1.165, 1.54) is 0 Å². The standard InChI is InChI=1S/C10H19NO2.C6H11NO2/c1-7(2)6-8(11)9(12)13-10(3,4)5;1-4(2)3-5(7)6(8)9/h8H,1,6,11H2,2-5H3;5H,1,3,7H2,2H3,(H,8,9)/t8-;5-/m00/s1. The molecular weight excluding hydrogens is 284 g/mol. The van der Waals surface area contributed by atoms with Gasteiger partial charge in [-0.1, -0.05) is 11.1 Å². The number of hydrogen-bond acceptors (Lipinski definition) is 5. The van der Waals surface area contributed by atoms with E-state index in [1.807, 2.05) is 27.7 Å². The SMILES string of the molecule is C=C(C)C[C@H](N)C(=O)O.C=C(C)C[C@H](N)C(=O)OC(C)(C)C. The smallest absolute Gasteiger partial charge is 0.323 e. The summed E-state index contributed by atoms with van der Waals surface area (Å²) in [7, 11) is 0. The molecule has 5 N–H and O–H groups in total. The van der Waals surface area contributed by atoms with Crippen LogP contribution in [0.1, 0.15) is 47.5 Å². The monoisotopic (exact) mass is 314 g/mol. The Labute approximate surface area is 133 Å². The van der Waals surface area contributed by atoms with Crippen LogP contribution in [-0.2, 0) is 14.3 Å². The molecule has 0 aromatic carbocycles. The van der Waals surface area contributed by atoms with Crippen molar-refractivity contribution in [3.05, 3.63) is 24.3 Å². The molecule has 0 aromatic heterocycles. The van der Waals surface area contributed by atoms with Crippen molar-refractivity contribution >= 4 is 11.9 Å². The molecule has 2 atom stereocenters. The molecule has 0 amide bonds. The van der Waals surface area contributed by atoms with E-state index in [9.17, 15) is 9.59 Å². The number of nitrogens with two attached hydrogens (primary N) is 2. The third-order valence-corrected chi connectivity index (χ3v) is 2.16. The minimum Gasteiger partial charge on any atom is -0.480 e. The molecule has 22 heavy (non-hydrogen) atoms. The quantitative estimate of drug-likeness (QED) is 0.510. The van der Waals surface area contributed by atoms with Crippen molar-refractivity contribution in [3.8, 4) is 0 Å². The van der Waals surface area contributed by atoms with Gasteiger partial charge in [0.15, 0.2) is 0 Å². The van der Waals surface area contributed by atoms with Crippen molar-refractivity contribution in [2.75, 3.05) is 0 Å². The fourth-order valence-electron chi connectivity index (χ4n) is 1.30. The van der Waals surface area contributed by atoms with Gasteiger partial charge in [-0.25, -0.2) is 0 Å². The molecule has 128 valence electrons. The van der Waals surface area contributed by atoms with E-state index in [4.69, 9.17) is 21.3 Å². The molecule has 0 heterocycles. The Kier molecular flexibility index (Phi) is 10.4. The lowest BCUT2D eigenvalue weighted by molar-refractivity contribution is -0.156. The number of rotatable bonds is 6. The van der Waals surface area contributed by atoms with Crippen molar-refractivity contribution < 1.29 is 19.4 Å². The predicted octanol–water partition coefficient (Wildman–Crippen LogP) is 1.99. The minimum absolute atomic E-state index is 0.356. The first-order valence-electron chi connectivity index (χ1n) is 7.01. The molecule has 0 spiro atoms. The molecule has 0 rings (SSSR count). The Morgan fingerprint density at radius 1 is 1.05 bits per heavy atom. The van der Waals surface area contributed by atoms with Crippen LogP contribution in [0.5, 0.6) is 0 Å². The lowest BCUT2D eigenvalue weighted by Crippen LogP contribution is -2.37. The number of esters is 1. The van der Waals surface area contributed by atoms with E-state index < -0.39 is 23.7 Å². The van der Waals surface area contributed by atoms with Crippen LogP contribution in [0.3, 0.4) is 0 Å². The topological polar surface area (TPSA) is 116 Å². The fourth-order valence-corrected chi connectivity index (χ4v) is 1.30. The molecule has 0 saturated carbocycles. The van der Waals surface area contributed by atoms with Crippen molar-refractivity contribution in [1.29, 1.82) is 0 Å². The van der Waals surface area contributed by atoms with Crippen LogP contribution in [0.2, 0.25) is 0 Å². The lowest BCUT2D eigenvalue weighted by atomic mass is 10.1. The molecule has 0 aliphatic rings. The van der Waals surface area contributed by atoms with Crippen molar-refractivity contribution in [2.24, 2.45) is 11.5 Å². The van der Waals surface area contributed by atoms with E-state index in [2.05, 4.69) is 13.2 Å². The van der Waals surface area contributed by atoms with E-state index in [1.54, 1.807) is 6.92 Å². The van der Waals surface area contributed by atoms with Crippen molar-refractivity contribution in [1.82, 2.24) is 0 Å². The third kappa shape index (κ3) is 14.7. The van der Waals surface area contributed by atoms with E-state index in [0.717, 1.165) is 11.1 Å². The van der Waals surface area contributed by atoms with Gasteiger partial charge in [0.05, 0.1) is 0 Å². The van der Waals surface area contributed by atoms with Crippen LogP contribution in [-0.4, -0.2) is 34.7 Å². The zero-order valence-corrected chi connectivity index (χ0v) is 14.3. The number of carbonyl (C=O) groups excluding carboxylic acids is 1. The highest BCUT2D eigenvalue weighted by molar-refractivity contribution is 5.76. The average Bonchev–Trinajstić information content (AvgIpc) is 2.25. The van der Waals surface area contributed by atoms with Gasteiger partial charge in [-0.05, 0) is 47.5 Å². The molecule has 0 aromatic rings. The highest BCUT2D eigenvalue weighted by Gasteiger charge is 2.21. The van der Waals surface area contributed by atoms with Gasteiger partial charge in [-0.2, -0.15) is 0 Å². The fraction of sp³-hybridized carbons (Fsp3) is 0.625. The molecule has 0 radical (unpaired) electrons.